The molecule has 9 rings (SSSR count). The Kier molecular flexibility index (Phi) is 14.2. The molecule has 4 heterocycles. The van der Waals surface area contributed by atoms with Crippen molar-refractivity contribution in [2.45, 2.75) is 55.2 Å². The number of H-pyrrole nitrogens is 1. The molecule has 0 unspecified atom stereocenters. The first kappa shape index (κ1) is 47.5. The average molecular weight is 991 g/mol. The number of β-lactam (4-membered cyclic amide) rings is 1. The Labute approximate surface area is 416 Å². The van der Waals surface area contributed by atoms with Crippen LogP contribution >= 0.6 is 34.9 Å². The van der Waals surface area contributed by atoms with E-state index in [1.807, 2.05) is 152 Å². The Morgan fingerprint density at radius 1 is 0.829 bits per heavy atom. The summed E-state index contributed by atoms with van der Waals surface area (Å²) in [5.74, 6) is -1.34. The van der Waals surface area contributed by atoms with Crippen LogP contribution in [-0.2, 0) is 40.0 Å². The van der Waals surface area contributed by atoms with Crippen molar-refractivity contribution < 1.29 is 33.5 Å². The van der Waals surface area contributed by atoms with Crippen molar-refractivity contribution >= 4 is 69.6 Å². The third-order valence-electron chi connectivity index (χ3n) is 11.1. The lowest BCUT2D eigenvalue weighted by Crippen LogP contribution is -2.71. The lowest BCUT2D eigenvalue weighted by atomic mass is 9.80. The molecule has 0 spiro atoms. The molecule has 2 aromatic heterocycles. The fraction of sp³-hybridized carbons (Fsp3) is 0.192. The van der Waals surface area contributed by atoms with Crippen molar-refractivity contribution in [1.29, 1.82) is 0 Å². The molecule has 70 heavy (non-hydrogen) atoms. The molecule has 3 N–H and O–H groups in total. The second-order valence-electron chi connectivity index (χ2n) is 17.0. The molecule has 5 aromatic carbocycles. The highest BCUT2D eigenvalue weighted by atomic mass is 32.2. The summed E-state index contributed by atoms with van der Waals surface area (Å²) in [5, 5.41) is 21.9. The zero-order chi connectivity index (χ0) is 48.7. The quantitative estimate of drug-likeness (QED) is 0.0274. The van der Waals surface area contributed by atoms with Crippen LogP contribution in [0.2, 0.25) is 0 Å². The van der Waals surface area contributed by atoms with E-state index in [9.17, 15) is 19.2 Å². The first-order valence-corrected chi connectivity index (χ1v) is 25.1. The average Bonchev–Trinajstić information content (AvgIpc) is 4.09. The summed E-state index contributed by atoms with van der Waals surface area (Å²) in [6.45, 7) is 5.22. The van der Waals surface area contributed by atoms with Crippen LogP contribution in [0.4, 0.5) is 9.93 Å². The summed E-state index contributed by atoms with van der Waals surface area (Å²) in [7, 11) is 0. The fourth-order valence-corrected chi connectivity index (χ4v) is 11.1. The van der Waals surface area contributed by atoms with Crippen molar-refractivity contribution in [3.05, 3.63) is 213 Å². The molecule has 18 heteroatoms. The minimum absolute atomic E-state index is 0.0557. The zero-order valence-corrected chi connectivity index (χ0v) is 40.5. The fourth-order valence-electron chi connectivity index (χ4n) is 7.93. The van der Waals surface area contributed by atoms with Gasteiger partial charge in [0.15, 0.2) is 16.9 Å². The number of hydrogen-bond donors (Lipinski definition) is 3. The van der Waals surface area contributed by atoms with E-state index in [0.717, 1.165) is 39.2 Å². The Morgan fingerprint density at radius 2 is 1.39 bits per heavy atom. The molecule has 354 valence electrons. The van der Waals surface area contributed by atoms with E-state index in [4.69, 9.17) is 14.3 Å². The molecule has 0 aliphatic carbocycles. The van der Waals surface area contributed by atoms with Gasteiger partial charge in [-0.3, -0.25) is 19.8 Å². The lowest BCUT2D eigenvalue weighted by Gasteiger charge is -2.49. The first-order valence-electron chi connectivity index (χ1n) is 22.1. The number of ether oxygens (including phenoxy) is 2. The van der Waals surface area contributed by atoms with Crippen molar-refractivity contribution in [2.24, 2.45) is 5.16 Å². The standard InChI is InChI=1S/C52H46N8O7S3/c1-51(2,3)66-50(64)56-49-54-39(31-70-49)41(58-67-52(35-23-13-6-14-24-35,36-25-15-7-16-26-36)37-27-17-8-18-28-37)45(61)55-42-46(62)60-43(40(32-69-47(42)60)68-30-38-29-53-59-57-38)48(63)65-44(33-19-9-4-10-20-33)34-21-11-5-12-22-34/h4-29,31,42,44,47H,30,32H2,1-3H3,(H,55,61)(H,53,57,59)(H,54,56,64)/b58-41-/t42-,47-/m1/s1. The zero-order valence-electron chi connectivity index (χ0n) is 38.1. The van der Waals surface area contributed by atoms with Crippen molar-refractivity contribution in [1.82, 2.24) is 30.6 Å². The van der Waals surface area contributed by atoms with Gasteiger partial charge in [-0.2, -0.15) is 15.4 Å². The summed E-state index contributed by atoms with van der Waals surface area (Å²) in [6.07, 6.45) is 0.0696. The number of thioether (sulfide) groups is 2. The number of aromatic amines is 1. The molecular formula is C52H46N8O7S3. The number of benzene rings is 5. The van der Waals surface area contributed by atoms with Gasteiger partial charge in [0.05, 0.1) is 11.9 Å². The molecule has 0 bridgehead atoms. The van der Waals surface area contributed by atoms with Gasteiger partial charge in [0.25, 0.3) is 11.8 Å². The monoisotopic (exact) mass is 990 g/mol. The van der Waals surface area contributed by atoms with Gasteiger partial charge in [-0.1, -0.05) is 157 Å². The second-order valence-corrected chi connectivity index (χ2v) is 20.0. The van der Waals surface area contributed by atoms with Crippen LogP contribution in [0.5, 0.6) is 0 Å². The van der Waals surface area contributed by atoms with E-state index >= 15 is 0 Å². The van der Waals surface area contributed by atoms with Gasteiger partial charge < -0.3 is 19.6 Å². The van der Waals surface area contributed by atoms with Gasteiger partial charge in [0, 0.05) is 38.5 Å². The van der Waals surface area contributed by atoms with Gasteiger partial charge in [-0.05, 0) is 31.9 Å². The third kappa shape index (κ3) is 10.4. The molecule has 2 aliphatic rings. The molecule has 15 nitrogen and oxygen atoms in total. The van der Waals surface area contributed by atoms with Gasteiger partial charge >= 0.3 is 12.1 Å². The number of esters is 1. The number of anilines is 1. The van der Waals surface area contributed by atoms with Crippen LogP contribution in [-0.4, -0.2) is 77.7 Å². The predicted octanol–water partition coefficient (Wildman–Crippen LogP) is 9.20. The minimum atomic E-state index is -1.39. The van der Waals surface area contributed by atoms with Crippen molar-refractivity contribution in [3.8, 4) is 0 Å². The predicted molar refractivity (Wildman–Crippen MR) is 269 cm³/mol. The molecular weight excluding hydrogens is 945 g/mol. The largest absolute Gasteiger partial charge is 0.448 e. The van der Waals surface area contributed by atoms with E-state index in [1.165, 1.54) is 28.4 Å². The topological polar surface area (TPSA) is 190 Å². The maximum atomic E-state index is 14.9. The first-order chi connectivity index (χ1) is 34.0. The number of fused-ring (bicyclic) bond motifs is 1. The number of carbonyl (C=O) groups excluding carboxylic acids is 4. The smallest absolute Gasteiger partial charge is 0.413 e. The van der Waals surface area contributed by atoms with E-state index in [2.05, 4.69) is 36.2 Å². The van der Waals surface area contributed by atoms with Crippen LogP contribution in [0, 0.1) is 0 Å². The SMILES string of the molecule is CC(C)(C)OC(=O)Nc1nc(/C(=N/OC(c2ccccc2)(c2ccccc2)c2ccccc2)C(=O)N[C@@H]2C(=O)N3C(C(=O)OC(c4ccccc4)c4ccccc4)=C(SCc4cn[nH]n4)CS[C@H]23)cs1. The summed E-state index contributed by atoms with van der Waals surface area (Å²) < 4.78 is 11.8. The molecule has 7 aromatic rings. The van der Waals surface area contributed by atoms with E-state index in [-0.39, 0.29) is 22.2 Å². The molecule has 2 atom stereocenters. The molecule has 0 saturated carbocycles. The van der Waals surface area contributed by atoms with Gasteiger partial charge in [-0.15, -0.1) is 34.9 Å². The Morgan fingerprint density at radius 3 is 1.91 bits per heavy atom. The second kappa shape index (κ2) is 21.0. The summed E-state index contributed by atoms with van der Waals surface area (Å²) >= 11 is 3.79. The summed E-state index contributed by atoms with van der Waals surface area (Å²) in [6, 6.07) is 46.2. The Balaban J connectivity index is 1.06. The molecule has 2 aliphatic heterocycles. The number of thiazole rings is 1. The Hall–Kier alpha value is -7.54. The van der Waals surface area contributed by atoms with Gasteiger partial charge in [0.1, 0.15) is 28.4 Å². The summed E-state index contributed by atoms with van der Waals surface area (Å²) in [5.41, 5.74) is 1.99. The highest BCUT2D eigenvalue weighted by Crippen LogP contribution is 2.46. The van der Waals surface area contributed by atoms with Gasteiger partial charge in [-0.25, -0.2) is 14.6 Å². The van der Waals surface area contributed by atoms with Crippen LogP contribution < -0.4 is 10.6 Å². The van der Waals surface area contributed by atoms with Crippen LogP contribution in [0.3, 0.4) is 0 Å². The number of amides is 3. The van der Waals surface area contributed by atoms with E-state index < -0.39 is 52.6 Å². The highest BCUT2D eigenvalue weighted by molar-refractivity contribution is 8.05. The van der Waals surface area contributed by atoms with Crippen LogP contribution in [0.25, 0.3) is 0 Å². The van der Waals surface area contributed by atoms with Crippen molar-refractivity contribution in [2.75, 3.05) is 11.1 Å². The third-order valence-corrected chi connectivity index (χ3v) is 14.4. The van der Waals surface area contributed by atoms with Crippen LogP contribution in [0.1, 0.15) is 66.1 Å². The number of nitrogens with zero attached hydrogens (tertiary/aromatic N) is 5. The maximum Gasteiger partial charge on any atom is 0.413 e. The van der Waals surface area contributed by atoms with E-state index in [0.29, 0.717) is 22.1 Å². The maximum absolute atomic E-state index is 14.9. The number of oxime groups is 1. The van der Waals surface area contributed by atoms with Crippen LogP contribution in [0.15, 0.2) is 179 Å². The minimum Gasteiger partial charge on any atom is -0.448 e. The van der Waals surface area contributed by atoms with Gasteiger partial charge in [0.2, 0.25) is 5.60 Å². The van der Waals surface area contributed by atoms with E-state index in [1.54, 1.807) is 32.3 Å². The number of hydrogen-bond acceptors (Lipinski definition) is 14. The molecule has 3 amide bonds. The summed E-state index contributed by atoms with van der Waals surface area (Å²) in [4.78, 5) is 70.4. The molecule has 1 saturated heterocycles. The Bertz CT molecular complexity index is 2870. The highest BCUT2D eigenvalue weighted by Gasteiger charge is 2.55. The molecule has 1 fully saturated rings. The lowest BCUT2D eigenvalue weighted by molar-refractivity contribution is -0.154. The number of aromatic nitrogens is 4. The van der Waals surface area contributed by atoms with Crippen molar-refractivity contribution in [3.63, 3.8) is 0 Å². The normalized spacial score (nSPS) is 16.0. The number of carbonyl (C=O) groups is 4. The number of rotatable bonds is 16. The number of nitrogens with one attached hydrogen (secondary N) is 3. The molecule has 0 radical (unpaired) electrons.